The molecule has 78 valence electrons. The topological polar surface area (TPSA) is 61.8 Å². The largest absolute Gasteiger partial charge is 0.388 e. The number of aliphatic hydroxyl groups excluding tert-OH is 1. The highest BCUT2D eigenvalue weighted by molar-refractivity contribution is 9.10. The fraction of sp³-hybridized carbons (Fsp3) is 0.200. The van der Waals surface area contributed by atoms with E-state index in [1.54, 1.807) is 0 Å². The van der Waals surface area contributed by atoms with E-state index in [0.29, 0.717) is 11.6 Å². The van der Waals surface area contributed by atoms with Crippen LogP contribution in [0.5, 0.6) is 0 Å². The number of halogens is 1. The van der Waals surface area contributed by atoms with Gasteiger partial charge in [-0.2, -0.15) is 5.10 Å². The van der Waals surface area contributed by atoms with Crippen LogP contribution in [0, 0.1) is 6.92 Å². The highest BCUT2D eigenvalue weighted by Crippen LogP contribution is 2.23. The lowest BCUT2D eigenvalue weighted by atomic mass is 10.1. The van der Waals surface area contributed by atoms with Crippen LogP contribution < -0.4 is 0 Å². The number of hydrogen-bond donors (Lipinski definition) is 2. The molecule has 0 radical (unpaired) electrons. The molecule has 0 saturated heterocycles. The monoisotopic (exact) mass is 267 g/mol. The summed E-state index contributed by atoms with van der Waals surface area (Å²) < 4.78 is 1.03. The Labute approximate surface area is 95.5 Å². The van der Waals surface area contributed by atoms with Crippen LogP contribution in [0.1, 0.15) is 11.4 Å². The van der Waals surface area contributed by atoms with Gasteiger partial charge in [0.25, 0.3) is 0 Å². The molecule has 5 heteroatoms. The Hall–Kier alpha value is -1.20. The number of rotatable bonds is 2. The summed E-state index contributed by atoms with van der Waals surface area (Å²) in [6.07, 6.45) is 0. The summed E-state index contributed by atoms with van der Waals surface area (Å²) in [5, 5.41) is 15.6. The van der Waals surface area contributed by atoms with Crippen LogP contribution in [-0.2, 0) is 6.61 Å². The number of aromatic amines is 1. The Bertz CT molecular complexity index is 481. The molecule has 0 aliphatic rings. The Morgan fingerprint density at radius 2 is 2.27 bits per heavy atom. The number of nitrogens with one attached hydrogen (secondary N) is 1. The first-order chi connectivity index (χ1) is 7.20. The molecule has 1 aromatic heterocycles. The molecule has 1 aromatic carbocycles. The average Bonchev–Trinajstić information content (AvgIpc) is 2.66. The van der Waals surface area contributed by atoms with Gasteiger partial charge in [-0.15, -0.1) is 0 Å². The van der Waals surface area contributed by atoms with Crippen LogP contribution >= 0.6 is 15.9 Å². The van der Waals surface area contributed by atoms with Crippen LogP contribution in [-0.4, -0.2) is 20.3 Å². The van der Waals surface area contributed by atoms with Crippen LogP contribution in [0.2, 0.25) is 0 Å². The van der Waals surface area contributed by atoms with Crippen LogP contribution in [0.25, 0.3) is 11.4 Å². The minimum absolute atomic E-state index is 0.122. The summed E-state index contributed by atoms with van der Waals surface area (Å²) in [6.45, 7) is 1.87. The molecule has 0 aliphatic heterocycles. The molecule has 2 N–H and O–H groups in total. The fourth-order valence-electron chi connectivity index (χ4n) is 1.36. The van der Waals surface area contributed by atoms with Gasteiger partial charge in [0.2, 0.25) is 0 Å². The van der Waals surface area contributed by atoms with Crippen LogP contribution in [0.4, 0.5) is 0 Å². The summed E-state index contributed by atoms with van der Waals surface area (Å²) in [6, 6.07) is 5.89. The number of aliphatic hydroxyl groups is 1. The van der Waals surface area contributed by atoms with E-state index < -0.39 is 0 Å². The maximum absolute atomic E-state index is 8.87. The van der Waals surface area contributed by atoms with E-state index in [2.05, 4.69) is 31.1 Å². The van der Waals surface area contributed by atoms with Crippen molar-refractivity contribution in [3.63, 3.8) is 0 Å². The van der Waals surface area contributed by atoms with Gasteiger partial charge in [0.15, 0.2) is 11.6 Å². The number of hydrogen-bond acceptors (Lipinski definition) is 3. The lowest BCUT2D eigenvalue weighted by molar-refractivity contribution is 0.272. The van der Waals surface area contributed by atoms with Gasteiger partial charge >= 0.3 is 0 Å². The molecule has 1 heterocycles. The quantitative estimate of drug-likeness (QED) is 0.876. The maximum Gasteiger partial charge on any atom is 0.181 e. The molecular formula is C10H10BrN3O. The number of benzene rings is 1. The zero-order valence-corrected chi connectivity index (χ0v) is 9.74. The first-order valence-corrected chi connectivity index (χ1v) is 5.28. The third-order valence-electron chi connectivity index (χ3n) is 2.11. The second kappa shape index (κ2) is 4.12. The third-order valence-corrected chi connectivity index (χ3v) is 2.60. The summed E-state index contributed by atoms with van der Waals surface area (Å²) in [4.78, 5) is 4.16. The standard InChI is InChI=1S/C10H10BrN3O/c1-6-4-7(11)2-3-8(6)10-12-9(5-15)13-14-10/h2-4,15H,5H2,1H3,(H,12,13,14). The van der Waals surface area contributed by atoms with E-state index in [0.717, 1.165) is 15.6 Å². The first kappa shape index (κ1) is 10.3. The summed E-state index contributed by atoms with van der Waals surface area (Å²) >= 11 is 3.40. The smallest absolute Gasteiger partial charge is 0.181 e. The average molecular weight is 268 g/mol. The predicted octanol–water partition coefficient (Wildman–Crippen LogP) is 2.03. The van der Waals surface area contributed by atoms with Gasteiger partial charge in [-0.1, -0.05) is 15.9 Å². The van der Waals surface area contributed by atoms with E-state index in [9.17, 15) is 0 Å². The summed E-state index contributed by atoms with van der Waals surface area (Å²) in [7, 11) is 0. The van der Waals surface area contributed by atoms with E-state index in [1.807, 2.05) is 25.1 Å². The SMILES string of the molecule is Cc1cc(Br)ccc1-c1n[nH]c(CO)n1. The molecule has 0 spiro atoms. The van der Waals surface area contributed by atoms with Gasteiger partial charge in [0, 0.05) is 10.0 Å². The van der Waals surface area contributed by atoms with Crippen molar-refractivity contribution in [2.24, 2.45) is 0 Å². The predicted molar refractivity (Wildman–Crippen MR) is 60.2 cm³/mol. The normalized spacial score (nSPS) is 10.6. The van der Waals surface area contributed by atoms with Gasteiger partial charge in [-0.3, -0.25) is 5.10 Å². The molecule has 4 nitrogen and oxygen atoms in total. The number of nitrogens with zero attached hydrogens (tertiary/aromatic N) is 2. The highest BCUT2D eigenvalue weighted by atomic mass is 79.9. The molecular weight excluding hydrogens is 258 g/mol. The highest BCUT2D eigenvalue weighted by Gasteiger charge is 2.07. The Morgan fingerprint density at radius 1 is 1.47 bits per heavy atom. The molecule has 0 atom stereocenters. The van der Waals surface area contributed by atoms with Crippen molar-refractivity contribution in [1.29, 1.82) is 0 Å². The first-order valence-electron chi connectivity index (χ1n) is 4.49. The molecule has 15 heavy (non-hydrogen) atoms. The Morgan fingerprint density at radius 3 is 2.87 bits per heavy atom. The van der Waals surface area contributed by atoms with Gasteiger partial charge in [0.1, 0.15) is 6.61 Å². The minimum Gasteiger partial charge on any atom is -0.388 e. The van der Waals surface area contributed by atoms with E-state index in [-0.39, 0.29) is 6.61 Å². The number of aromatic nitrogens is 3. The zero-order valence-electron chi connectivity index (χ0n) is 8.16. The lowest BCUT2D eigenvalue weighted by Gasteiger charge is -2.01. The molecule has 0 saturated carbocycles. The fourth-order valence-corrected chi connectivity index (χ4v) is 1.84. The van der Waals surface area contributed by atoms with Crippen LogP contribution in [0.15, 0.2) is 22.7 Å². The Balaban J connectivity index is 2.44. The third kappa shape index (κ3) is 2.08. The van der Waals surface area contributed by atoms with Crippen molar-refractivity contribution >= 4 is 15.9 Å². The van der Waals surface area contributed by atoms with E-state index in [1.165, 1.54) is 0 Å². The van der Waals surface area contributed by atoms with Crippen molar-refractivity contribution in [2.45, 2.75) is 13.5 Å². The molecule has 0 fully saturated rings. The van der Waals surface area contributed by atoms with Crippen molar-refractivity contribution in [1.82, 2.24) is 15.2 Å². The lowest BCUT2D eigenvalue weighted by Crippen LogP contribution is -1.87. The molecule has 0 unspecified atom stereocenters. The van der Waals surface area contributed by atoms with Crippen molar-refractivity contribution in [2.75, 3.05) is 0 Å². The second-order valence-electron chi connectivity index (χ2n) is 3.22. The van der Waals surface area contributed by atoms with E-state index >= 15 is 0 Å². The van der Waals surface area contributed by atoms with Gasteiger partial charge in [-0.05, 0) is 30.7 Å². The minimum atomic E-state index is -0.122. The number of aryl methyl sites for hydroxylation is 1. The van der Waals surface area contributed by atoms with Crippen molar-refractivity contribution < 1.29 is 5.11 Å². The van der Waals surface area contributed by atoms with Gasteiger partial charge in [-0.25, -0.2) is 4.98 Å². The van der Waals surface area contributed by atoms with Crippen molar-refractivity contribution in [3.05, 3.63) is 34.1 Å². The molecule has 0 bridgehead atoms. The van der Waals surface area contributed by atoms with E-state index in [4.69, 9.17) is 5.11 Å². The molecule has 2 aromatic rings. The van der Waals surface area contributed by atoms with Crippen LogP contribution in [0.3, 0.4) is 0 Å². The second-order valence-corrected chi connectivity index (χ2v) is 4.14. The summed E-state index contributed by atoms with van der Waals surface area (Å²) in [5.41, 5.74) is 2.06. The molecule has 0 aliphatic carbocycles. The maximum atomic E-state index is 8.87. The van der Waals surface area contributed by atoms with Crippen molar-refractivity contribution in [3.8, 4) is 11.4 Å². The zero-order chi connectivity index (χ0) is 10.8. The number of H-pyrrole nitrogens is 1. The van der Waals surface area contributed by atoms with Gasteiger partial charge in [0.05, 0.1) is 0 Å². The molecule has 2 rings (SSSR count). The van der Waals surface area contributed by atoms with Gasteiger partial charge < -0.3 is 5.11 Å². The molecule has 0 amide bonds. The Kier molecular flexibility index (Phi) is 2.83. The summed E-state index contributed by atoms with van der Waals surface area (Å²) in [5.74, 6) is 1.09.